The smallest absolute Gasteiger partial charge is 0.129 e. The molecule has 0 N–H and O–H groups in total. The van der Waals surface area contributed by atoms with Crippen LogP contribution in [0, 0.1) is 17.3 Å². The Labute approximate surface area is 95.0 Å². The van der Waals surface area contributed by atoms with Gasteiger partial charge in [0.05, 0.1) is 0 Å². The highest BCUT2D eigenvalue weighted by Gasteiger charge is 2.30. The lowest BCUT2D eigenvalue weighted by Crippen LogP contribution is -2.27. The van der Waals surface area contributed by atoms with Crippen LogP contribution < -0.4 is 0 Å². The highest BCUT2D eigenvalue weighted by atomic mass is 16.1. The number of allylic oxidation sites excluding steroid dienone is 2. The standard InChI is InChI=1S/C14H26O/c1-7-9-14(6,10-8-12(4)15)13(5)11(2)3/h7,9,11,13H,8,10H2,1-6H3. The van der Waals surface area contributed by atoms with Crippen molar-refractivity contribution in [3.63, 3.8) is 0 Å². The van der Waals surface area contributed by atoms with E-state index in [0.29, 0.717) is 24.0 Å². The minimum Gasteiger partial charge on any atom is -0.300 e. The van der Waals surface area contributed by atoms with Gasteiger partial charge in [-0.25, -0.2) is 0 Å². The predicted molar refractivity (Wildman–Crippen MR) is 66.8 cm³/mol. The van der Waals surface area contributed by atoms with E-state index in [4.69, 9.17) is 0 Å². The molecule has 0 spiro atoms. The normalized spacial score (nSPS) is 18.1. The van der Waals surface area contributed by atoms with Crippen molar-refractivity contribution in [3.8, 4) is 0 Å². The second-order valence-electron chi connectivity index (χ2n) is 5.24. The number of carbonyl (C=O) groups is 1. The fourth-order valence-electron chi connectivity index (χ4n) is 2.05. The summed E-state index contributed by atoms with van der Waals surface area (Å²) in [6.45, 7) is 12.8. The summed E-state index contributed by atoms with van der Waals surface area (Å²) in [5, 5.41) is 0. The van der Waals surface area contributed by atoms with Crippen molar-refractivity contribution in [2.24, 2.45) is 17.3 Å². The van der Waals surface area contributed by atoms with Gasteiger partial charge in [0, 0.05) is 6.42 Å². The molecule has 0 heterocycles. The van der Waals surface area contributed by atoms with Gasteiger partial charge in [0.25, 0.3) is 0 Å². The molecule has 2 atom stereocenters. The Hall–Kier alpha value is -0.590. The molecule has 2 unspecified atom stereocenters. The Morgan fingerprint density at radius 1 is 1.33 bits per heavy atom. The average Bonchev–Trinajstić information content (AvgIpc) is 2.14. The van der Waals surface area contributed by atoms with E-state index in [-0.39, 0.29) is 5.41 Å². The van der Waals surface area contributed by atoms with Crippen LogP contribution >= 0.6 is 0 Å². The summed E-state index contributed by atoms with van der Waals surface area (Å²) in [7, 11) is 0. The first-order valence-electron chi connectivity index (χ1n) is 5.96. The summed E-state index contributed by atoms with van der Waals surface area (Å²) in [4.78, 5) is 11.1. The zero-order chi connectivity index (χ0) is 12.1. The maximum absolute atomic E-state index is 11.1. The van der Waals surface area contributed by atoms with Crippen LogP contribution in [0.15, 0.2) is 12.2 Å². The van der Waals surface area contributed by atoms with Gasteiger partial charge in [0.2, 0.25) is 0 Å². The molecule has 0 aliphatic heterocycles. The maximum atomic E-state index is 11.1. The van der Waals surface area contributed by atoms with E-state index < -0.39 is 0 Å². The third-order valence-electron chi connectivity index (χ3n) is 3.60. The van der Waals surface area contributed by atoms with Crippen molar-refractivity contribution in [1.82, 2.24) is 0 Å². The lowest BCUT2D eigenvalue weighted by Gasteiger charge is -2.35. The van der Waals surface area contributed by atoms with Crippen molar-refractivity contribution in [2.45, 2.75) is 54.4 Å². The molecular weight excluding hydrogens is 184 g/mol. The molecule has 0 aromatic rings. The lowest BCUT2D eigenvalue weighted by molar-refractivity contribution is -0.117. The number of ketones is 1. The molecule has 1 heteroatoms. The van der Waals surface area contributed by atoms with Crippen molar-refractivity contribution in [3.05, 3.63) is 12.2 Å². The molecule has 0 amide bonds. The van der Waals surface area contributed by atoms with E-state index in [1.165, 1.54) is 0 Å². The van der Waals surface area contributed by atoms with Gasteiger partial charge in [0.1, 0.15) is 5.78 Å². The molecule has 0 saturated heterocycles. The van der Waals surface area contributed by atoms with Crippen molar-refractivity contribution in [1.29, 1.82) is 0 Å². The van der Waals surface area contributed by atoms with Gasteiger partial charge >= 0.3 is 0 Å². The highest BCUT2D eigenvalue weighted by Crippen LogP contribution is 2.38. The van der Waals surface area contributed by atoms with Crippen LogP contribution in [0.3, 0.4) is 0 Å². The molecule has 0 aliphatic rings. The van der Waals surface area contributed by atoms with Gasteiger partial charge in [-0.1, -0.05) is 39.8 Å². The van der Waals surface area contributed by atoms with Crippen LogP contribution in [-0.2, 0) is 4.79 Å². The zero-order valence-corrected chi connectivity index (χ0v) is 11.1. The second kappa shape index (κ2) is 6.09. The van der Waals surface area contributed by atoms with Gasteiger partial charge in [0.15, 0.2) is 0 Å². The molecule has 88 valence electrons. The van der Waals surface area contributed by atoms with E-state index >= 15 is 0 Å². The molecule has 0 bridgehead atoms. The van der Waals surface area contributed by atoms with Gasteiger partial charge < -0.3 is 4.79 Å². The summed E-state index contributed by atoms with van der Waals surface area (Å²) < 4.78 is 0. The van der Waals surface area contributed by atoms with Crippen molar-refractivity contribution >= 4 is 5.78 Å². The summed E-state index contributed by atoms with van der Waals surface area (Å²) in [6, 6.07) is 0. The van der Waals surface area contributed by atoms with Crippen LogP contribution in [0.4, 0.5) is 0 Å². The molecule has 0 saturated carbocycles. The van der Waals surface area contributed by atoms with Gasteiger partial charge in [-0.05, 0) is 37.5 Å². The van der Waals surface area contributed by atoms with Gasteiger partial charge in [-0.3, -0.25) is 0 Å². The van der Waals surface area contributed by atoms with Crippen LogP contribution in [0.25, 0.3) is 0 Å². The molecule has 0 fully saturated rings. The quantitative estimate of drug-likeness (QED) is 0.600. The van der Waals surface area contributed by atoms with E-state index in [1.807, 2.05) is 0 Å². The molecule has 1 nitrogen and oxygen atoms in total. The predicted octanol–water partition coefficient (Wildman–Crippen LogP) is 4.23. The van der Waals surface area contributed by atoms with Crippen LogP contribution in [0.2, 0.25) is 0 Å². The highest BCUT2D eigenvalue weighted by molar-refractivity contribution is 5.75. The summed E-state index contributed by atoms with van der Waals surface area (Å²) in [5.41, 5.74) is 0.161. The molecule has 0 aromatic carbocycles. The average molecular weight is 210 g/mol. The fourth-order valence-corrected chi connectivity index (χ4v) is 2.05. The maximum Gasteiger partial charge on any atom is 0.129 e. The first kappa shape index (κ1) is 14.4. The minimum absolute atomic E-state index is 0.161. The lowest BCUT2D eigenvalue weighted by atomic mass is 9.69. The topological polar surface area (TPSA) is 17.1 Å². The van der Waals surface area contributed by atoms with Crippen molar-refractivity contribution in [2.75, 3.05) is 0 Å². The van der Waals surface area contributed by atoms with E-state index in [0.717, 1.165) is 6.42 Å². The van der Waals surface area contributed by atoms with Crippen molar-refractivity contribution < 1.29 is 4.79 Å². The third-order valence-corrected chi connectivity index (χ3v) is 3.60. The van der Waals surface area contributed by atoms with Gasteiger partial charge in [-0.15, -0.1) is 0 Å². The zero-order valence-electron chi connectivity index (χ0n) is 11.1. The number of hydrogen-bond donors (Lipinski definition) is 0. The number of carbonyl (C=O) groups excluding carboxylic acids is 1. The van der Waals surface area contributed by atoms with Crippen LogP contribution in [0.1, 0.15) is 54.4 Å². The molecule has 0 radical (unpaired) electrons. The Morgan fingerprint density at radius 2 is 1.87 bits per heavy atom. The van der Waals surface area contributed by atoms with Crippen LogP contribution in [0.5, 0.6) is 0 Å². The molecule has 15 heavy (non-hydrogen) atoms. The first-order valence-corrected chi connectivity index (χ1v) is 5.96. The molecule has 0 rings (SSSR count). The van der Waals surface area contributed by atoms with E-state index in [1.54, 1.807) is 6.92 Å². The van der Waals surface area contributed by atoms with E-state index in [9.17, 15) is 4.79 Å². The molecule has 0 aromatic heterocycles. The number of rotatable bonds is 6. The second-order valence-corrected chi connectivity index (χ2v) is 5.24. The molecular formula is C14H26O. The summed E-state index contributed by atoms with van der Waals surface area (Å²) >= 11 is 0. The van der Waals surface area contributed by atoms with Crippen LogP contribution in [-0.4, -0.2) is 5.78 Å². The number of Topliss-reactive ketones (excluding diaryl/α,β-unsaturated/α-hetero) is 1. The minimum atomic E-state index is 0.161. The third kappa shape index (κ3) is 4.63. The number of hydrogen-bond acceptors (Lipinski definition) is 1. The van der Waals surface area contributed by atoms with Gasteiger partial charge in [-0.2, -0.15) is 0 Å². The first-order chi connectivity index (χ1) is 6.83. The Kier molecular flexibility index (Phi) is 5.85. The summed E-state index contributed by atoms with van der Waals surface area (Å²) in [5.74, 6) is 1.55. The largest absolute Gasteiger partial charge is 0.300 e. The van der Waals surface area contributed by atoms with E-state index in [2.05, 4.69) is 46.8 Å². The molecule has 0 aliphatic carbocycles. The monoisotopic (exact) mass is 210 g/mol. The SMILES string of the molecule is CC=CC(C)(CCC(C)=O)C(C)C(C)C. The Balaban J connectivity index is 4.65. The Morgan fingerprint density at radius 3 is 2.20 bits per heavy atom. The fraction of sp³-hybridized carbons (Fsp3) is 0.786. The summed E-state index contributed by atoms with van der Waals surface area (Å²) in [6.07, 6.45) is 6.03. The Bertz CT molecular complexity index is 227.